The zero-order chi connectivity index (χ0) is 19.9. The van der Waals surface area contributed by atoms with Crippen LogP contribution >= 0.6 is 11.8 Å². The number of carbonyl (C=O) groups excluding carboxylic acids is 3. The molecule has 0 spiro atoms. The second kappa shape index (κ2) is 9.50. The number of thioether (sulfide) groups is 1. The maximum absolute atomic E-state index is 13.0. The fraction of sp³-hybridized carbons (Fsp3) is 0.421. The second-order valence-electron chi connectivity index (χ2n) is 6.48. The van der Waals surface area contributed by atoms with Crippen LogP contribution in [0.3, 0.4) is 0 Å². The Morgan fingerprint density at radius 2 is 2.07 bits per heavy atom. The van der Waals surface area contributed by atoms with E-state index >= 15 is 0 Å². The van der Waals surface area contributed by atoms with E-state index in [9.17, 15) is 14.4 Å². The third-order valence-corrected chi connectivity index (χ3v) is 5.43. The normalized spacial score (nSPS) is 20.3. The van der Waals surface area contributed by atoms with Gasteiger partial charge in [0.05, 0.1) is 17.8 Å². The van der Waals surface area contributed by atoms with E-state index in [0.717, 1.165) is 12.0 Å². The van der Waals surface area contributed by atoms with Crippen LogP contribution in [0, 0.1) is 0 Å². The topological polar surface area (TPSA) is 88.2 Å². The Bertz CT molecular complexity index is 755. The summed E-state index contributed by atoms with van der Waals surface area (Å²) in [6, 6.07) is 8.89. The minimum Gasteiger partial charge on any atom is -0.445 e. The highest BCUT2D eigenvalue weighted by Gasteiger charge is 2.39. The number of ether oxygens (including phenoxy) is 1. The van der Waals surface area contributed by atoms with Gasteiger partial charge in [0.25, 0.3) is 0 Å². The Morgan fingerprint density at radius 3 is 2.82 bits per heavy atom. The van der Waals surface area contributed by atoms with Crippen molar-refractivity contribution in [3.63, 3.8) is 0 Å². The Balaban J connectivity index is 1.60. The number of likely N-dealkylation sites (tertiary alicyclic amines) is 1. The molecule has 0 unspecified atom stereocenters. The molecule has 1 atom stereocenters. The standard InChI is InChI=1S/C19H23N3O5S/c1-14(23)27-20-10-16-12-28-13-22(16)18(24)17-8-5-9-21(17)19(25)26-11-15-6-3-2-4-7-15/h2-4,6-7,10,17,20H,5,8-9,11-13H2,1H3/t17-/m0/s1. The monoisotopic (exact) mass is 405 g/mol. The molecule has 2 fully saturated rings. The zero-order valence-electron chi connectivity index (χ0n) is 15.6. The average molecular weight is 405 g/mol. The third kappa shape index (κ3) is 4.98. The lowest BCUT2D eigenvalue weighted by Gasteiger charge is -2.27. The van der Waals surface area contributed by atoms with Crippen molar-refractivity contribution in [1.29, 1.82) is 0 Å². The molecule has 2 heterocycles. The maximum Gasteiger partial charge on any atom is 0.410 e. The van der Waals surface area contributed by atoms with E-state index in [4.69, 9.17) is 9.57 Å². The summed E-state index contributed by atoms with van der Waals surface area (Å²) < 4.78 is 5.40. The van der Waals surface area contributed by atoms with Crippen LogP contribution in [-0.4, -0.2) is 52.0 Å². The van der Waals surface area contributed by atoms with E-state index < -0.39 is 18.1 Å². The summed E-state index contributed by atoms with van der Waals surface area (Å²) in [4.78, 5) is 44.2. The fourth-order valence-corrected chi connectivity index (χ4v) is 4.15. The minimum atomic E-state index is -0.543. The number of nitrogens with zero attached hydrogens (tertiary/aromatic N) is 2. The SMILES string of the molecule is CC(=O)ONC=C1CSCN1C(=O)[C@@H]1CCCN1C(=O)OCc1ccccc1. The summed E-state index contributed by atoms with van der Waals surface area (Å²) in [5.41, 5.74) is 4.06. The molecule has 0 radical (unpaired) electrons. The highest BCUT2D eigenvalue weighted by molar-refractivity contribution is 7.99. The number of rotatable bonds is 5. The van der Waals surface area contributed by atoms with Gasteiger partial charge in [0.15, 0.2) is 0 Å². The van der Waals surface area contributed by atoms with E-state index in [-0.39, 0.29) is 12.5 Å². The molecular weight excluding hydrogens is 382 g/mol. The molecule has 2 aliphatic rings. The van der Waals surface area contributed by atoms with Gasteiger partial charge in [-0.2, -0.15) is 0 Å². The number of hydrogen-bond donors (Lipinski definition) is 1. The van der Waals surface area contributed by atoms with Crippen molar-refractivity contribution in [2.75, 3.05) is 18.2 Å². The number of nitrogens with one attached hydrogen (secondary N) is 1. The number of hydroxylamine groups is 1. The Hall–Kier alpha value is -2.68. The van der Waals surface area contributed by atoms with Crippen LogP contribution < -0.4 is 5.48 Å². The molecule has 2 aliphatic heterocycles. The predicted octanol–water partition coefficient (Wildman–Crippen LogP) is 2.23. The zero-order valence-corrected chi connectivity index (χ0v) is 16.4. The lowest BCUT2D eigenvalue weighted by Crippen LogP contribution is -2.46. The first-order chi connectivity index (χ1) is 13.6. The van der Waals surface area contributed by atoms with Crippen molar-refractivity contribution in [2.45, 2.75) is 32.4 Å². The lowest BCUT2D eigenvalue weighted by atomic mass is 10.2. The van der Waals surface area contributed by atoms with Gasteiger partial charge in [-0.3, -0.25) is 14.5 Å². The lowest BCUT2D eigenvalue weighted by molar-refractivity contribution is -0.146. The van der Waals surface area contributed by atoms with Gasteiger partial charge >= 0.3 is 12.1 Å². The third-order valence-electron chi connectivity index (χ3n) is 4.49. The van der Waals surface area contributed by atoms with Gasteiger partial charge < -0.3 is 14.5 Å². The van der Waals surface area contributed by atoms with Crippen LogP contribution in [0.5, 0.6) is 0 Å². The van der Waals surface area contributed by atoms with Crippen molar-refractivity contribution in [3.8, 4) is 0 Å². The molecule has 3 rings (SSSR count). The fourth-order valence-electron chi connectivity index (χ4n) is 3.13. The first-order valence-corrected chi connectivity index (χ1v) is 10.2. The molecule has 9 heteroatoms. The number of hydrogen-bond acceptors (Lipinski definition) is 7. The molecule has 2 saturated heterocycles. The quantitative estimate of drug-likeness (QED) is 0.752. The van der Waals surface area contributed by atoms with Gasteiger partial charge in [-0.15, -0.1) is 11.8 Å². The molecule has 0 aromatic heterocycles. The summed E-state index contributed by atoms with van der Waals surface area (Å²) in [7, 11) is 0. The second-order valence-corrected chi connectivity index (χ2v) is 7.44. The van der Waals surface area contributed by atoms with Crippen molar-refractivity contribution in [1.82, 2.24) is 15.3 Å². The smallest absolute Gasteiger partial charge is 0.410 e. The molecule has 28 heavy (non-hydrogen) atoms. The average Bonchev–Trinajstić information content (AvgIpc) is 3.36. The predicted molar refractivity (Wildman–Crippen MR) is 104 cm³/mol. The number of carbonyl (C=O) groups is 3. The summed E-state index contributed by atoms with van der Waals surface area (Å²) in [5, 5.41) is 0. The van der Waals surface area contributed by atoms with Gasteiger partial charge in [0, 0.05) is 19.2 Å². The Kier molecular flexibility index (Phi) is 6.80. The van der Waals surface area contributed by atoms with Crippen LogP contribution in [0.2, 0.25) is 0 Å². The van der Waals surface area contributed by atoms with Crippen LogP contribution in [0.15, 0.2) is 42.2 Å². The molecule has 8 nitrogen and oxygen atoms in total. The van der Waals surface area contributed by atoms with E-state index in [1.54, 1.807) is 16.7 Å². The molecule has 0 aliphatic carbocycles. The first kappa shape index (κ1) is 20.1. The molecule has 150 valence electrons. The van der Waals surface area contributed by atoms with Crippen molar-refractivity contribution in [3.05, 3.63) is 47.8 Å². The van der Waals surface area contributed by atoms with E-state index in [0.29, 0.717) is 30.3 Å². The summed E-state index contributed by atoms with van der Waals surface area (Å²) >= 11 is 1.58. The highest BCUT2D eigenvalue weighted by atomic mass is 32.2. The molecule has 1 aromatic carbocycles. The Labute approximate surface area is 167 Å². The van der Waals surface area contributed by atoms with Gasteiger partial charge in [-0.1, -0.05) is 30.3 Å². The minimum absolute atomic E-state index is 0.143. The highest BCUT2D eigenvalue weighted by Crippen LogP contribution is 2.28. The summed E-state index contributed by atoms with van der Waals surface area (Å²) in [6.45, 7) is 1.96. The van der Waals surface area contributed by atoms with Crippen molar-refractivity contribution in [2.24, 2.45) is 0 Å². The molecular formula is C19H23N3O5S. The van der Waals surface area contributed by atoms with Gasteiger partial charge in [0.1, 0.15) is 12.6 Å². The molecule has 0 saturated carbocycles. The molecule has 0 bridgehead atoms. The number of benzene rings is 1. The van der Waals surface area contributed by atoms with Crippen LogP contribution in [0.25, 0.3) is 0 Å². The van der Waals surface area contributed by atoms with Crippen molar-refractivity contribution >= 4 is 29.7 Å². The van der Waals surface area contributed by atoms with Crippen LogP contribution in [-0.2, 0) is 25.8 Å². The molecule has 1 aromatic rings. The molecule has 1 N–H and O–H groups in total. The first-order valence-electron chi connectivity index (χ1n) is 9.04. The summed E-state index contributed by atoms with van der Waals surface area (Å²) in [5.74, 6) is 0.500. The van der Waals surface area contributed by atoms with E-state index in [2.05, 4.69) is 5.48 Å². The van der Waals surface area contributed by atoms with Crippen LogP contribution in [0.1, 0.15) is 25.3 Å². The van der Waals surface area contributed by atoms with Crippen LogP contribution in [0.4, 0.5) is 4.79 Å². The summed E-state index contributed by atoms with van der Waals surface area (Å²) in [6.07, 6.45) is 2.38. The molecule has 2 amide bonds. The maximum atomic E-state index is 13.0. The number of amides is 2. The Morgan fingerprint density at radius 1 is 1.29 bits per heavy atom. The largest absolute Gasteiger partial charge is 0.445 e. The van der Waals surface area contributed by atoms with Gasteiger partial charge in [-0.05, 0) is 18.4 Å². The van der Waals surface area contributed by atoms with Crippen molar-refractivity contribution < 1.29 is 24.0 Å². The van der Waals surface area contributed by atoms with E-state index in [1.165, 1.54) is 18.0 Å². The van der Waals surface area contributed by atoms with E-state index in [1.807, 2.05) is 30.3 Å². The van der Waals surface area contributed by atoms with Gasteiger partial charge in [0.2, 0.25) is 5.91 Å². The van der Waals surface area contributed by atoms with Gasteiger partial charge in [-0.25, -0.2) is 10.3 Å².